The molecular formula is C11H13FN4O2S. The summed E-state index contributed by atoms with van der Waals surface area (Å²) in [6, 6.07) is 5.11. The summed E-state index contributed by atoms with van der Waals surface area (Å²) in [5.41, 5.74) is 6.43. The zero-order valence-electron chi connectivity index (χ0n) is 10.4. The Hall–Kier alpha value is -2.09. The van der Waals surface area contributed by atoms with Crippen LogP contribution in [0.5, 0.6) is 0 Å². The summed E-state index contributed by atoms with van der Waals surface area (Å²) in [6.45, 7) is 1.65. The molecule has 0 saturated carbocycles. The Balaban J connectivity index is 2.46. The first-order valence-electron chi connectivity index (χ1n) is 5.39. The monoisotopic (exact) mass is 284 g/mol. The van der Waals surface area contributed by atoms with E-state index in [1.165, 1.54) is 22.9 Å². The number of sulfonamides is 1. The van der Waals surface area contributed by atoms with Crippen LogP contribution in [-0.4, -0.2) is 18.2 Å². The predicted molar refractivity (Wildman–Crippen MR) is 69.6 cm³/mol. The van der Waals surface area contributed by atoms with Crippen molar-refractivity contribution >= 4 is 21.5 Å². The molecule has 0 amide bonds. The van der Waals surface area contributed by atoms with Gasteiger partial charge in [-0.3, -0.25) is 4.72 Å². The minimum atomic E-state index is -4.04. The fraction of sp³-hybridized carbons (Fsp3) is 0.182. The highest BCUT2D eigenvalue weighted by atomic mass is 32.2. The van der Waals surface area contributed by atoms with E-state index in [9.17, 15) is 12.8 Å². The first-order valence-corrected chi connectivity index (χ1v) is 6.87. The van der Waals surface area contributed by atoms with Crippen molar-refractivity contribution in [3.63, 3.8) is 0 Å². The van der Waals surface area contributed by atoms with Crippen LogP contribution < -0.4 is 10.5 Å². The summed E-state index contributed by atoms with van der Waals surface area (Å²) in [6.07, 6.45) is 0. The molecule has 0 spiro atoms. The van der Waals surface area contributed by atoms with Crippen LogP contribution in [0.25, 0.3) is 0 Å². The number of hydrogen-bond acceptors (Lipinski definition) is 4. The second-order valence-electron chi connectivity index (χ2n) is 4.01. The van der Waals surface area contributed by atoms with Crippen LogP contribution >= 0.6 is 0 Å². The zero-order chi connectivity index (χ0) is 14.2. The molecule has 0 aliphatic heterocycles. The van der Waals surface area contributed by atoms with Crippen LogP contribution in [-0.2, 0) is 17.1 Å². The summed E-state index contributed by atoms with van der Waals surface area (Å²) in [5, 5.41) is 3.98. The average molecular weight is 284 g/mol. The molecule has 2 aromatic rings. The van der Waals surface area contributed by atoms with E-state index in [1.807, 2.05) is 0 Å². The molecule has 1 heterocycles. The van der Waals surface area contributed by atoms with Gasteiger partial charge in [0.25, 0.3) is 10.0 Å². The number of hydrogen-bond donors (Lipinski definition) is 2. The molecule has 2 rings (SSSR count). The minimum absolute atomic E-state index is 0.112. The van der Waals surface area contributed by atoms with Crippen molar-refractivity contribution in [1.29, 1.82) is 0 Å². The maximum Gasteiger partial charge on any atom is 0.266 e. The van der Waals surface area contributed by atoms with Crippen LogP contribution in [0.1, 0.15) is 5.69 Å². The van der Waals surface area contributed by atoms with Gasteiger partial charge in [0.05, 0.1) is 11.4 Å². The van der Waals surface area contributed by atoms with E-state index in [2.05, 4.69) is 9.82 Å². The van der Waals surface area contributed by atoms with Crippen LogP contribution in [0.15, 0.2) is 29.2 Å². The van der Waals surface area contributed by atoms with Crippen LogP contribution in [0.4, 0.5) is 15.9 Å². The maximum absolute atomic E-state index is 13.5. The number of nitrogens with one attached hydrogen (secondary N) is 1. The zero-order valence-corrected chi connectivity index (χ0v) is 11.2. The molecule has 8 heteroatoms. The van der Waals surface area contributed by atoms with Gasteiger partial charge >= 0.3 is 0 Å². The third kappa shape index (κ3) is 2.39. The van der Waals surface area contributed by atoms with E-state index in [4.69, 9.17) is 5.73 Å². The van der Waals surface area contributed by atoms with Gasteiger partial charge in [0.2, 0.25) is 0 Å². The molecule has 0 atom stereocenters. The van der Waals surface area contributed by atoms with E-state index < -0.39 is 20.7 Å². The lowest BCUT2D eigenvalue weighted by atomic mass is 10.4. The largest absolute Gasteiger partial charge is 0.394 e. The van der Waals surface area contributed by atoms with Crippen LogP contribution in [0.3, 0.4) is 0 Å². The first kappa shape index (κ1) is 13.3. The van der Waals surface area contributed by atoms with Gasteiger partial charge in [-0.1, -0.05) is 12.1 Å². The highest BCUT2D eigenvalue weighted by Gasteiger charge is 2.22. The van der Waals surface area contributed by atoms with Crippen molar-refractivity contribution in [2.45, 2.75) is 11.8 Å². The molecule has 0 bridgehead atoms. The van der Waals surface area contributed by atoms with Gasteiger partial charge in [0, 0.05) is 7.05 Å². The normalized spacial score (nSPS) is 11.5. The van der Waals surface area contributed by atoms with Gasteiger partial charge in [-0.15, -0.1) is 0 Å². The second kappa shape index (κ2) is 4.54. The van der Waals surface area contributed by atoms with Gasteiger partial charge in [-0.25, -0.2) is 17.5 Å². The van der Waals surface area contributed by atoms with Crippen molar-refractivity contribution < 1.29 is 12.8 Å². The lowest BCUT2D eigenvalue weighted by molar-refractivity contribution is 0.570. The smallest absolute Gasteiger partial charge is 0.266 e. The van der Waals surface area contributed by atoms with Crippen molar-refractivity contribution in [3.05, 3.63) is 35.8 Å². The summed E-state index contributed by atoms with van der Waals surface area (Å²) < 4.78 is 41.2. The van der Waals surface area contributed by atoms with Gasteiger partial charge in [0.15, 0.2) is 5.82 Å². The number of anilines is 2. The molecule has 0 aliphatic carbocycles. The minimum Gasteiger partial charge on any atom is -0.394 e. The number of halogens is 1. The Labute approximate surface area is 110 Å². The molecule has 0 saturated heterocycles. The SMILES string of the molecule is Cc1nn(C)c(NS(=O)(=O)c2ccccc2F)c1N. The molecule has 6 nitrogen and oxygen atoms in total. The van der Waals surface area contributed by atoms with Crippen molar-refractivity contribution in [1.82, 2.24) is 9.78 Å². The first-order chi connectivity index (χ1) is 8.83. The Kier molecular flexibility index (Phi) is 3.19. The van der Waals surface area contributed by atoms with Gasteiger partial charge in [-0.2, -0.15) is 5.10 Å². The summed E-state index contributed by atoms with van der Waals surface area (Å²) in [7, 11) is -2.50. The standard InChI is InChI=1S/C11H13FN4O2S/c1-7-10(13)11(16(2)14-7)15-19(17,18)9-6-4-3-5-8(9)12/h3-6,15H,13H2,1-2H3. The van der Waals surface area contributed by atoms with Gasteiger partial charge in [0.1, 0.15) is 10.7 Å². The molecule has 0 unspecified atom stereocenters. The van der Waals surface area contributed by atoms with Crippen LogP contribution in [0, 0.1) is 12.7 Å². The highest BCUT2D eigenvalue weighted by Crippen LogP contribution is 2.25. The second-order valence-corrected chi connectivity index (χ2v) is 5.66. The Morgan fingerprint density at radius 2 is 2.00 bits per heavy atom. The number of aryl methyl sites for hydroxylation is 2. The molecule has 3 N–H and O–H groups in total. The predicted octanol–water partition coefficient (Wildman–Crippen LogP) is 1.25. The Morgan fingerprint density at radius 1 is 1.37 bits per heavy atom. The van der Waals surface area contributed by atoms with Crippen LogP contribution in [0.2, 0.25) is 0 Å². The van der Waals surface area contributed by atoms with Crippen molar-refractivity contribution in [2.75, 3.05) is 10.5 Å². The van der Waals surface area contributed by atoms with Crippen molar-refractivity contribution in [2.24, 2.45) is 7.05 Å². The fourth-order valence-corrected chi connectivity index (χ4v) is 2.83. The summed E-state index contributed by atoms with van der Waals surface area (Å²) in [4.78, 5) is -0.437. The topological polar surface area (TPSA) is 90.0 Å². The van der Waals surface area contributed by atoms with E-state index in [1.54, 1.807) is 14.0 Å². The molecule has 1 aromatic heterocycles. The Bertz CT molecular complexity index is 724. The Morgan fingerprint density at radius 3 is 2.53 bits per heavy atom. The number of nitrogen functional groups attached to an aromatic ring is 1. The van der Waals surface area contributed by atoms with Gasteiger partial charge < -0.3 is 5.73 Å². The number of aromatic nitrogens is 2. The molecule has 0 radical (unpaired) electrons. The molecule has 1 aromatic carbocycles. The maximum atomic E-state index is 13.5. The number of nitrogens with two attached hydrogens (primary N) is 1. The number of benzene rings is 1. The third-order valence-electron chi connectivity index (χ3n) is 2.63. The van der Waals surface area contributed by atoms with E-state index >= 15 is 0 Å². The summed E-state index contributed by atoms with van der Waals surface area (Å²) >= 11 is 0. The molecule has 0 fully saturated rings. The molecule has 19 heavy (non-hydrogen) atoms. The molecular weight excluding hydrogens is 271 g/mol. The number of rotatable bonds is 3. The highest BCUT2D eigenvalue weighted by molar-refractivity contribution is 7.92. The lowest BCUT2D eigenvalue weighted by Crippen LogP contribution is -2.17. The molecule has 0 aliphatic rings. The molecule has 102 valence electrons. The third-order valence-corrected chi connectivity index (χ3v) is 4.00. The average Bonchev–Trinajstić information content (AvgIpc) is 2.56. The quantitative estimate of drug-likeness (QED) is 0.887. The van der Waals surface area contributed by atoms with Gasteiger partial charge in [-0.05, 0) is 19.1 Å². The fourth-order valence-electron chi connectivity index (χ4n) is 1.64. The van der Waals surface area contributed by atoms with E-state index in [0.29, 0.717) is 5.69 Å². The number of nitrogens with zero attached hydrogens (tertiary/aromatic N) is 2. The summed E-state index contributed by atoms with van der Waals surface area (Å²) in [5.74, 6) is -0.715. The van der Waals surface area contributed by atoms with Crippen molar-refractivity contribution in [3.8, 4) is 0 Å². The van der Waals surface area contributed by atoms with E-state index in [-0.39, 0.29) is 11.5 Å². The lowest BCUT2D eigenvalue weighted by Gasteiger charge is -2.09. The van der Waals surface area contributed by atoms with E-state index in [0.717, 1.165) is 6.07 Å².